The summed E-state index contributed by atoms with van der Waals surface area (Å²) in [6, 6.07) is 4.08. The van der Waals surface area contributed by atoms with Gasteiger partial charge in [0.05, 0.1) is 5.75 Å². The van der Waals surface area contributed by atoms with Crippen LogP contribution in [0, 0.1) is 0 Å². The number of thioether (sulfide) groups is 1. The Morgan fingerprint density at radius 2 is 2.39 bits per heavy atom. The van der Waals surface area contributed by atoms with Gasteiger partial charge in [-0.15, -0.1) is 23.1 Å². The molecular formula is C12H16N2O2S2. The monoisotopic (exact) mass is 284 g/mol. The number of carbonyl (C=O) groups is 2. The van der Waals surface area contributed by atoms with E-state index in [2.05, 4.69) is 5.32 Å². The van der Waals surface area contributed by atoms with E-state index in [0.29, 0.717) is 5.75 Å². The van der Waals surface area contributed by atoms with Crippen molar-refractivity contribution in [3.63, 3.8) is 0 Å². The van der Waals surface area contributed by atoms with Gasteiger partial charge in [-0.3, -0.25) is 9.59 Å². The molecule has 1 aromatic rings. The summed E-state index contributed by atoms with van der Waals surface area (Å²) in [6.45, 7) is 3.97. The molecule has 0 aromatic carbocycles. The zero-order valence-electron chi connectivity index (χ0n) is 10.4. The summed E-state index contributed by atoms with van der Waals surface area (Å²) in [5.74, 6) is 0.400. The summed E-state index contributed by atoms with van der Waals surface area (Å²) < 4.78 is 0. The van der Waals surface area contributed by atoms with E-state index in [4.69, 9.17) is 0 Å². The lowest BCUT2D eigenvalue weighted by atomic mass is 10.3. The predicted molar refractivity (Wildman–Crippen MR) is 74.5 cm³/mol. The first-order valence-electron chi connectivity index (χ1n) is 5.81. The zero-order chi connectivity index (χ0) is 13.1. The molecule has 1 aliphatic rings. The molecule has 0 saturated carbocycles. The maximum Gasteiger partial charge on any atom is 0.239 e. The smallest absolute Gasteiger partial charge is 0.239 e. The number of hydrogen-bond acceptors (Lipinski definition) is 4. The highest BCUT2D eigenvalue weighted by molar-refractivity contribution is 8.00. The summed E-state index contributed by atoms with van der Waals surface area (Å²) in [7, 11) is 0. The van der Waals surface area contributed by atoms with Crippen molar-refractivity contribution in [1.29, 1.82) is 0 Å². The maximum atomic E-state index is 11.8. The van der Waals surface area contributed by atoms with Crippen molar-refractivity contribution < 1.29 is 9.59 Å². The molecule has 0 unspecified atom stereocenters. The number of carbonyl (C=O) groups excluding carboxylic acids is 2. The van der Waals surface area contributed by atoms with Crippen molar-refractivity contribution in [2.24, 2.45) is 0 Å². The molecule has 98 valence electrons. The molecule has 6 heteroatoms. The second-order valence-corrected chi connectivity index (χ2v) is 6.47. The average Bonchev–Trinajstić information content (AvgIpc) is 2.88. The molecular weight excluding hydrogens is 268 g/mol. The Morgan fingerprint density at radius 3 is 3.00 bits per heavy atom. The second-order valence-electron chi connectivity index (χ2n) is 4.42. The highest BCUT2D eigenvalue weighted by Crippen LogP contribution is 2.40. The third kappa shape index (κ3) is 3.05. The van der Waals surface area contributed by atoms with Gasteiger partial charge >= 0.3 is 0 Å². The SMILES string of the molecule is CC(C)NC(=O)CN1C(=O)CS[C@@H]1c1cccs1. The van der Waals surface area contributed by atoms with Crippen molar-refractivity contribution in [3.05, 3.63) is 22.4 Å². The second kappa shape index (κ2) is 5.75. The van der Waals surface area contributed by atoms with Gasteiger partial charge in [-0.05, 0) is 25.3 Å². The van der Waals surface area contributed by atoms with Gasteiger partial charge in [-0.1, -0.05) is 6.07 Å². The minimum Gasteiger partial charge on any atom is -0.352 e. The molecule has 0 aliphatic carbocycles. The quantitative estimate of drug-likeness (QED) is 0.918. The molecule has 18 heavy (non-hydrogen) atoms. The average molecular weight is 284 g/mol. The molecule has 1 aliphatic heterocycles. The molecule has 0 radical (unpaired) electrons. The summed E-state index contributed by atoms with van der Waals surface area (Å²) in [4.78, 5) is 26.4. The van der Waals surface area contributed by atoms with Gasteiger partial charge in [0.25, 0.3) is 0 Å². The van der Waals surface area contributed by atoms with Crippen LogP contribution in [-0.2, 0) is 9.59 Å². The summed E-state index contributed by atoms with van der Waals surface area (Å²) >= 11 is 3.20. The Morgan fingerprint density at radius 1 is 1.61 bits per heavy atom. The fourth-order valence-corrected chi connectivity index (χ4v) is 3.98. The van der Waals surface area contributed by atoms with E-state index in [9.17, 15) is 9.59 Å². The van der Waals surface area contributed by atoms with E-state index in [1.165, 1.54) is 0 Å². The minimum atomic E-state index is -0.0950. The lowest BCUT2D eigenvalue weighted by molar-refractivity contribution is -0.134. The van der Waals surface area contributed by atoms with Crippen LogP contribution in [0.15, 0.2) is 17.5 Å². The van der Waals surface area contributed by atoms with Gasteiger partial charge < -0.3 is 10.2 Å². The Balaban J connectivity index is 2.04. The molecule has 1 saturated heterocycles. The lowest BCUT2D eigenvalue weighted by Crippen LogP contribution is -2.41. The molecule has 0 bridgehead atoms. The molecule has 1 atom stereocenters. The van der Waals surface area contributed by atoms with Crippen molar-refractivity contribution in [2.45, 2.75) is 25.3 Å². The van der Waals surface area contributed by atoms with Crippen molar-refractivity contribution in [2.75, 3.05) is 12.3 Å². The van der Waals surface area contributed by atoms with E-state index in [1.807, 2.05) is 31.4 Å². The standard InChI is InChI=1S/C12H16N2O2S2/c1-8(2)13-10(15)6-14-11(16)7-18-12(14)9-4-3-5-17-9/h3-5,8,12H,6-7H2,1-2H3,(H,13,15)/t12-/m1/s1. The fraction of sp³-hybridized carbons (Fsp3) is 0.500. The van der Waals surface area contributed by atoms with Crippen molar-refractivity contribution in [3.8, 4) is 0 Å². The highest BCUT2D eigenvalue weighted by atomic mass is 32.2. The van der Waals surface area contributed by atoms with Crippen LogP contribution in [-0.4, -0.2) is 35.1 Å². The number of hydrogen-bond donors (Lipinski definition) is 1. The summed E-state index contributed by atoms with van der Waals surface area (Å²) in [5, 5.41) is 4.80. The van der Waals surface area contributed by atoms with Crippen LogP contribution in [0.3, 0.4) is 0 Å². The van der Waals surface area contributed by atoms with E-state index >= 15 is 0 Å². The summed E-state index contributed by atoms with van der Waals surface area (Å²) in [6.07, 6.45) is 0. The van der Waals surface area contributed by atoms with Gasteiger partial charge in [0.2, 0.25) is 11.8 Å². The largest absolute Gasteiger partial charge is 0.352 e. The molecule has 1 N–H and O–H groups in total. The number of thiophene rings is 1. The van der Waals surface area contributed by atoms with Gasteiger partial charge in [-0.2, -0.15) is 0 Å². The van der Waals surface area contributed by atoms with Crippen LogP contribution >= 0.6 is 23.1 Å². The zero-order valence-corrected chi connectivity index (χ0v) is 12.0. The Labute approximate surface area is 115 Å². The molecule has 2 amide bonds. The van der Waals surface area contributed by atoms with Crippen LogP contribution in [0.5, 0.6) is 0 Å². The van der Waals surface area contributed by atoms with E-state index < -0.39 is 0 Å². The lowest BCUT2D eigenvalue weighted by Gasteiger charge is -2.23. The number of nitrogens with zero attached hydrogens (tertiary/aromatic N) is 1. The topological polar surface area (TPSA) is 49.4 Å². The first-order valence-corrected chi connectivity index (χ1v) is 7.74. The third-order valence-electron chi connectivity index (χ3n) is 2.52. The van der Waals surface area contributed by atoms with Crippen LogP contribution in [0.2, 0.25) is 0 Å². The number of amides is 2. The van der Waals surface area contributed by atoms with E-state index in [-0.39, 0.29) is 29.8 Å². The number of rotatable bonds is 4. The Hall–Kier alpha value is -1.01. The normalized spacial score (nSPS) is 19.6. The molecule has 1 aromatic heterocycles. The van der Waals surface area contributed by atoms with Crippen LogP contribution in [0.1, 0.15) is 24.1 Å². The first kappa shape index (κ1) is 13.4. The first-order chi connectivity index (χ1) is 8.58. The maximum absolute atomic E-state index is 11.8. The Kier molecular flexibility index (Phi) is 4.29. The van der Waals surface area contributed by atoms with Crippen molar-refractivity contribution in [1.82, 2.24) is 10.2 Å². The van der Waals surface area contributed by atoms with Gasteiger partial charge in [0, 0.05) is 10.9 Å². The van der Waals surface area contributed by atoms with Gasteiger partial charge in [0.1, 0.15) is 11.9 Å². The third-order valence-corrected chi connectivity index (χ3v) is 4.83. The molecule has 0 spiro atoms. The molecule has 2 heterocycles. The van der Waals surface area contributed by atoms with Crippen LogP contribution in [0.25, 0.3) is 0 Å². The van der Waals surface area contributed by atoms with Gasteiger partial charge in [-0.25, -0.2) is 0 Å². The minimum absolute atomic E-state index is 0.00425. The summed E-state index contributed by atoms with van der Waals surface area (Å²) in [5.41, 5.74) is 0. The van der Waals surface area contributed by atoms with Gasteiger partial charge in [0.15, 0.2) is 0 Å². The van der Waals surface area contributed by atoms with E-state index in [0.717, 1.165) is 4.88 Å². The van der Waals surface area contributed by atoms with Crippen LogP contribution < -0.4 is 5.32 Å². The molecule has 2 rings (SSSR count). The van der Waals surface area contributed by atoms with E-state index in [1.54, 1.807) is 28.0 Å². The highest BCUT2D eigenvalue weighted by Gasteiger charge is 2.34. The molecule has 4 nitrogen and oxygen atoms in total. The Bertz CT molecular complexity index is 431. The number of nitrogens with one attached hydrogen (secondary N) is 1. The van der Waals surface area contributed by atoms with Crippen LogP contribution in [0.4, 0.5) is 0 Å². The fourth-order valence-electron chi connectivity index (χ4n) is 1.81. The predicted octanol–water partition coefficient (Wildman–Crippen LogP) is 1.85. The molecule has 1 fully saturated rings. The van der Waals surface area contributed by atoms with Crippen molar-refractivity contribution >= 4 is 34.9 Å².